The molecule has 2 aromatic carbocycles. The van der Waals surface area contributed by atoms with Crippen LogP contribution in [0, 0.1) is 52.3 Å². The summed E-state index contributed by atoms with van der Waals surface area (Å²) in [5.41, 5.74) is 37.4. The largest absolute Gasteiger partial charge is 0.399 e. The van der Waals surface area contributed by atoms with Gasteiger partial charge in [-0.1, -0.05) is 63.3 Å². The molecule has 280 valence electrons. The zero-order valence-corrected chi connectivity index (χ0v) is 33.1. The summed E-state index contributed by atoms with van der Waals surface area (Å²) >= 11 is 0. The van der Waals surface area contributed by atoms with Crippen LogP contribution in [0.5, 0.6) is 0 Å². The van der Waals surface area contributed by atoms with Crippen molar-refractivity contribution in [2.24, 2.45) is 58.0 Å². The van der Waals surface area contributed by atoms with Crippen molar-refractivity contribution in [2.45, 2.75) is 106 Å². The van der Waals surface area contributed by atoms with Gasteiger partial charge in [0.2, 0.25) is 0 Å². The zero-order valence-electron chi connectivity index (χ0n) is 33.1. The Balaban J connectivity index is 0.000000381. The maximum atomic E-state index is 6.07. The van der Waals surface area contributed by atoms with E-state index in [1.54, 1.807) is 6.07 Å². The Hall–Kier alpha value is -3.44. The number of anilines is 4. The van der Waals surface area contributed by atoms with E-state index in [-0.39, 0.29) is 0 Å². The molecule has 0 saturated heterocycles. The number of fused-ring (bicyclic) bond motifs is 5. The van der Waals surface area contributed by atoms with Crippen LogP contribution in [0.3, 0.4) is 0 Å². The van der Waals surface area contributed by atoms with E-state index in [9.17, 15) is 0 Å². The van der Waals surface area contributed by atoms with Gasteiger partial charge in [0, 0.05) is 22.7 Å². The van der Waals surface area contributed by atoms with E-state index >= 15 is 0 Å². The van der Waals surface area contributed by atoms with Crippen molar-refractivity contribution in [2.75, 3.05) is 30.0 Å². The monoisotopic (exact) mass is 694 g/mol. The van der Waals surface area contributed by atoms with Gasteiger partial charge in [-0.3, -0.25) is 0 Å². The van der Waals surface area contributed by atoms with Crippen LogP contribution in [0.2, 0.25) is 0 Å². The Kier molecular flexibility index (Phi) is 13.4. The van der Waals surface area contributed by atoms with Crippen molar-refractivity contribution in [1.82, 2.24) is 0 Å². The third kappa shape index (κ3) is 9.14. The first-order valence-electron chi connectivity index (χ1n) is 19.7. The Morgan fingerprint density at radius 1 is 0.765 bits per heavy atom. The number of hydrogen-bond donors (Lipinski definition) is 5. The summed E-state index contributed by atoms with van der Waals surface area (Å²) in [4.78, 5) is 0. The van der Waals surface area contributed by atoms with Crippen LogP contribution in [0.25, 0.3) is 11.1 Å². The normalized spacial score (nSPS) is 30.9. The van der Waals surface area contributed by atoms with E-state index in [0.717, 1.165) is 64.1 Å². The summed E-state index contributed by atoms with van der Waals surface area (Å²) in [6.07, 6.45) is 21.3. The van der Waals surface area contributed by atoms with Crippen LogP contribution >= 0.6 is 0 Å². The van der Waals surface area contributed by atoms with E-state index in [2.05, 4.69) is 71.7 Å². The highest BCUT2D eigenvalue weighted by atomic mass is 14.6. The van der Waals surface area contributed by atoms with Crippen molar-refractivity contribution >= 4 is 33.9 Å². The molecular weight excluding hydrogens is 623 g/mol. The molecule has 0 aliphatic heterocycles. The van der Waals surface area contributed by atoms with E-state index in [1.807, 2.05) is 37.3 Å². The Morgan fingerprint density at radius 2 is 1.31 bits per heavy atom. The third-order valence-electron chi connectivity index (χ3n) is 13.6. The lowest BCUT2D eigenvalue weighted by Crippen LogP contribution is -2.52. The van der Waals surface area contributed by atoms with E-state index < -0.39 is 0 Å². The molecule has 10 N–H and O–H groups in total. The Morgan fingerprint density at radius 3 is 1.88 bits per heavy atom. The summed E-state index contributed by atoms with van der Waals surface area (Å²) < 4.78 is 0. The van der Waals surface area contributed by atoms with Gasteiger partial charge >= 0.3 is 0 Å². The highest BCUT2D eigenvalue weighted by Gasteiger charge is 2.59. The van der Waals surface area contributed by atoms with E-state index in [0.29, 0.717) is 34.0 Å². The molecule has 0 radical (unpaired) electrons. The summed E-state index contributed by atoms with van der Waals surface area (Å²) in [7, 11) is 1.50. The fraction of sp³-hybridized carbons (Fsp3) is 0.565. The molecular formula is C46H71N5. The second-order valence-electron chi connectivity index (χ2n) is 17.4. The molecule has 9 atom stereocenters. The van der Waals surface area contributed by atoms with E-state index in [4.69, 9.17) is 22.9 Å². The second-order valence-corrected chi connectivity index (χ2v) is 17.4. The average molecular weight is 694 g/mol. The maximum absolute atomic E-state index is 6.07. The minimum absolute atomic E-state index is 0.466. The summed E-state index contributed by atoms with van der Waals surface area (Å²) in [5, 5.41) is 0. The summed E-state index contributed by atoms with van der Waals surface area (Å²) in [6, 6.07) is 11.4. The molecule has 5 heteroatoms. The molecule has 0 bridgehead atoms. The standard InChI is InChI=1S/C36H54N2.C9H12N2.CH5N/c1-23(2)8-7-9-24(3)32-12-13-33-31-11-10-28-19-26(18-25(4)27-20-29(37)22-30(38)21-27)14-16-35(28,5)34(31)15-17-36(32,33)6;1-6(2)7-3-8(10)5-9(11)4-7;1-2/h8,10-11,20-22,24,26,28,31-34H,4,7,9,12-19,37-38H2,1-3,5-6H3;3-5H,1,10-11H2,2H3;2H2,1H3. The first-order chi connectivity index (χ1) is 24.1. The lowest BCUT2D eigenvalue weighted by atomic mass is 9.45. The number of hydrogen-bond acceptors (Lipinski definition) is 5. The topological polar surface area (TPSA) is 130 Å². The van der Waals surface area contributed by atoms with Crippen molar-refractivity contribution in [3.63, 3.8) is 0 Å². The van der Waals surface area contributed by atoms with Crippen molar-refractivity contribution in [3.05, 3.63) is 84.5 Å². The maximum Gasteiger partial charge on any atom is 0.0340 e. The first-order valence-corrected chi connectivity index (χ1v) is 19.7. The van der Waals surface area contributed by atoms with Crippen molar-refractivity contribution in [3.8, 4) is 0 Å². The molecule has 3 saturated carbocycles. The highest BCUT2D eigenvalue weighted by molar-refractivity contribution is 5.71. The SMILES string of the molecule is C=C(C)c1cc(N)cc(N)c1.C=C(CC1CCC2(C)C(C=CC3C2CCC2(C)C(C(C)CCC=C(C)C)CCC32)C1)c1cc(N)cc(N)c1.CN. The van der Waals surface area contributed by atoms with Crippen molar-refractivity contribution < 1.29 is 0 Å². The molecule has 4 aliphatic carbocycles. The van der Waals surface area contributed by atoms with Crippen LogP contribution in [0.4, 0.5) is 22.7 Å². The number of nitrogen functional groups attached to an aromatic ring is 4. The molecule has 5 nitrogen and oxygen atoms in total. The van der Waals surface area contributed by atoms with Crippen LogP contribution in [-0.2, 0) is 0 Å². The van der Waals surface area contributed by atoms with Crippen molar-refractivity contribution in [1.29, 1.82) is 0 Å². The van der Waals surface area contributed by atoms with Gasteiger partial charge in [0.25, 0.3) is 0 Å². The Bertz CT molecular complexity index is 1540. The number of nitrogens with two attached hydrogens (primary N) is 5. The zero-order chi connectivity index (χ0) is 37.7. The summed E-state index contributed by atoms with van der Waals surface area (Å²) in [6.45, 7) is 22.6. The number of rotatable bonds is 8. The first kappa shape index (κ1) is 40.3. The molecule has 3 fully saturated rings. The smallest absolute Gasteiger partial charge is 0.0340 e. The molecule has 0 amide bonds. The fourth-order valence-corrected chi connectivity index (χ4v) is 11.0. The van der Waals surface area contributed by atoms with Gasteiger partial charge in [0.15, 0.2) is 0 Å². The molecule has 0 heterocycles. The number of benzene rings is 2. The third-order valence-corrected chi connectivity index (χ3v) is 13.6. The van der Waals surface area contributed by atoms with Gasteiger partial charge in [-0.15, -0.1) is 0 Å². The fourth-order valence-electron chi connectivity index (χ4n) is 11.0. The van der Waals surface area contributed by atoms with Crippen LogP contribution in [-0.4, -0.2) is 7.05 Å². The second kappa shape index (κ2) is 16.9. The van der Waals surface area contributed by atoms with E-state index in [1.165, 1.54) is 76.0 Å². The number of allylic oxidation sites excluding steroid dienone is 6. The van der Waals surface area contributed by atoms with Crippen LogP contribution in [0.15, 0.2) is 73.4 Å². The molecule has 4 aliphatic rings. The highest BCUT2D eigenvalue weighted by Crippen LogP contribution is 2.67. The van der Waals surface area contributed by atoms with Crippen LogP contribution < -0.4 is 28.7 Å². The van der Waals surface area contributed by atoms with Gasteiger partial charge in [0.05, 0.1) is 0 Å². The molecule has 2 aromatic rings. The molecule has 9 unspecified atom stereocenters. The molecule has 51 heavy (non-hydrogen) atoms. The van der Waals surface area contributed by atoms with Gasteiger partial charge in [0.1, 0.15) is 0 Å². The molecule has 0 aromatic heterocycles. The summed E-state index contributed by atoms with van der Waals surface area (Å²) in [5.74, 6) is 5.71. The van der Waals surface area contributed by atoms with Gasteiger partial charge in [-0.05, 0) is 197 Å². The van der Waals surface area contributed by atoms with Gasteiger partial charge < -0.3 is 28.7 Å². The van der Waals surface area contributed by atoms with Gasteiger partial charge in [-0.25, -0.2) is 0 Å². The van der Waals surface area contributed by atoms with Gasteiger partial charge in [-0.2, -0.15) is 0 Å². The molecule has 6 rings (SSSR count). The minimum Gasteiger partial charge on any atom is -0.399 e. The van der Waals surface area contributed by atoms with Crippen LogP contribution in [0.1, 0.15) is 117 Å². The quantitative estimate of drug-likeness (QED) is 0.139. The average Bonchev–Trinajstić information content (AvgIpc) is 3.42. The lowest BCUT2D eigenvalue weighted by molar-refractivity contribution is -0.0707. The predicted molar refractivity (Wildman–Crippen MR) is 225 cm³/mol. The Labute approximate surface area is 311 Å². The predicted octanol–water partition coefficient (Wildman–Crippen LogP) is 11.1. The lowest BCUT2D eigenvalue weighted by Gasteiger charge is -2.59. The minimum atomic E-state index is 0.466. The molecule has 0 spiro atoms.